The van der Waals surface area contributed by atoms with Crippen molar-refractivity contribution in [2.45, 2.75) is 0 Å². The summed E-state index contributed by atoms with van der Waals surface area (Å²) in [5.41, 5.74) is 0.576. The minimum atomic E-state index is -1.75. The van der Waals surface area contributed by atoms with E-state index in [4.69, 9.17) is 10.0 Å². The highest BCUT2D eigenvalue weighted by molar-refractivity contribution is 6.58. The molecule has 0 aliphatic carbocycles. The van der Waals surface area contributed by atoms with Crippen LogP contribution in [0.3, 0.4) is 0 Å². The van der Waals surface area contributed by atoms with Gasteiger partial charge in [0.05, 0.1) is 0 Å². The lowest BCUT2D eigenvalue weighted by Crippen LogP contribution is -2.32. The van der Waals surface area contributed by atoms with Gasteiger partial charge in [0.25, 0.3) is 0 Å². The molecule has 0 spiro atoms. The second-order valence-electron chi connectivity index (χ2n) is 2.97. The summed E-state index contributed by atoms with van der Waals surface area (Å²) >= 11 is 0. The molecular weight excluding hydrogens is 172 g/mol. The first-order valence-corrected chi connectivity index (χ1v) is 3.85. The molecule has 70 valence electrons. The van der Waals surface area contributed by atoms with Gasteiger partial charge < -0.3 is 14.9 Å². The second kappa shape index (κ2) is 3.76. The lowest BCUT2D eigenvalue weighted by Gasteiger charge is -2.13. The summed E-state index contributed by atoms with van der Waals surface area (Å²) in [6, 6.07) is 4.24. The van der Waals surface area contributed by atoms with Gasteiger partial charge in [0.2, 0.25) is 0 Å². The van der Waals surface area contributed by atoms with Gasteiger partial charge >= 0.3 is 7.12 Å². The van der Waals surface area contributed by atoms with E-state index in [1.165, 1.54) is 12.1 Å². The highest BCUT2D eigenvalue weighted by Crippen LogP contribution is 2.10. The van der Waals surface area contributed by atoms with Crippen molar-refractivity contribution in [1.82, 2.24) is 0 Å². The lowest BCUT2D eigenvalue weighted by molar-refractivity contribution is 0.423. The van der Waals surface area contributed by atoms with Crippen molar-refractivity contribution in [3.8, 4) is 0 Å². The van der Waals surface area contributed by atoms with Crippen LogP contribution in [0.25, 0.3) is 0 Å². The smallest absolute Gasteiger partial charge is 0.423 e. The van der Waals surface area contributed by atoms with Crippen molar-refractivity contribution in [1.29, 1.82) is 0 Å². The zero-order chi connectivity index (χ0) is 10.0. The van der Waals surface area contributed by atoms with Crippen molar-refractivity contribution in [2.24, 2.45) is 0 Å². The van der Waals surface area contributed by atoms with E-state index in [0.29, 0.717) is 5.69 Å². The molecule has 0 aromatic heterocycles. The summed E-state index contributed by atoms with van der Waals surface area (Å²) in [6.07, 6.45) is 0. The van der Waals surface area contributed by atoms with Crippen molar-refractivity contribution in [3.63, 3.8) is 0 Å². The molecule has 0 saturated carbocycles. The summed E-state index contributed by atoms with van der Waals surface area (Å²) in [6.45, 7) is 0. The SMILES string of the molecule is CN(C)c1ccc(B(O)O)c(F)c1. The monoisotopic (exact) mass is 183 g/mol. The number of rotatable bonds is 2. The second-order valence-corrected chi connectivity index (χ2v) is 2.97. The van der Waals surface area contributed by atoms with Crippen LogP contribution in [0.4, 0.5) is 10.1 Å². The Bertz CT molecular complexity index is 304. The summed E-state index contributed by atoms with van der Waals surface area (Å²) < 4.78 is 13.1. The summed E-state index contributed by atoms with van der Waals surface area (Å²) in [4.78, 5) is 1.73. The van der Waals surface area contributed by atoms with E-state index in [0.717, 1.165) is 0 Å². The van der Waals surface area contributed by atoms with Crippen LogP contribution in [0.5, 0.6) is 0 Å². The van der Waals surface area contributed by atoms with Gasteiger partial charge in [-0.25, -0.2) is 4.39 Å². The molecule has 5 heteroatoms. The largest absolute Gasteiger partial charge is 0.491 e. The van der Waals surface area contributed by atoms with E-state index < -0.39 is 12.9 Å². The molecule has 0 radical (unpaired) electrons. The number of benzene rings is 1. The normalized spacial score (nSPS) is 9.92. The van der Waals surface area contributed by atoms with Gasteiger partial charge in [0, 0.05) is 25.2 Å². The van der Waals surface area contributed by atoms with Crippen LogP contribution in [-0.2, 0) is 0 Å². The Morgan fingerprint density at radius 1 is 1.31 bits per heavy atom. The number of hydrogen-bond donors (Lipinski definition) is 2. The number of halogens is 1. The minimum Gasteiger partial charge on any atom is -0.423 e. The molecule has 0 amide bonds. The first kappa shape index (κ1) is 10.0. The van der Waals surface area contributed by atoms with E-state index in [1.54, 1.807) is 25.1 Å². The molecule has 0 atom stereocenters. The number of nitrogens with zero attached hydrogens (tertiary/aromatic N) is 1. The van der Waals surface area contributed by atoms with Crippen LogP contribution in [0.2, 0.25) is 0 Å². The van der Waals surface area contributed by atoms with E-state index in [1.807, 2.05) is 0 Å². The number of anilines is 1. The van der Waals surface area contributed by atoms with Gasteiger partial charge in [-0.3, -0.25) is 0 Å². The van der Waals surface area contributed by atoms with Gasteiger partial charge in [-0.05, 0) is 12.1 Å². The van der Waals surface area contributed by atoms with Crippen LogP contribution < -0.4 is 10.4 Å². The van der Waals surface area contributed by atoms with Gasteiger partial charge in [-0.2, -0.15) is 0 Å². The predicted octanol–water partition coefficient (Wildman–Crippen LogP) is -0.428. The molecule has 0 aliphatic heterocycles. The van der Waals surface area contributed by atoms with Crippen LogP contribution in [0.1, 0.15) is 0 Å². The quantitative estimate of drug-likeness (QED) is 0.611. The Morgan fingerprint density at radius 2 is 1.92 bits per heavy atom. The van der Waals surface area contributed by atoms with E-state index in [-0.39, 0.29) is 5.46 Å². The van der Waals surface area contributed by atoms with E-state index in [9.17, 15) is 4.39 Å². The molecule has 0 heterocycles. The molecule has 3 nitrogen and oxygen atoms in total. The molecule has 0 fully saturated rings. The highest BCUT2D eigenvalue weighted by Gasteiger charge is 2.16. The maximum Gasteiger partial charge on any atom is 0.491 e. The fourth-order valence-electron chi connectivity index (χ4n) is 1.00. The Kier molecular flexibility index (Phi) is 2.90. The van der Waals surface area contributed by atoms with Crippen LogP contribution in [0.15, 0.2) is 18.2 Å². The molecule has 1 aromatic rings. The van der Waals surface area contributed by atoms with Crippen molar-refractivity contribution in [3.05, 3.63) is 24.0 Å². The molecular formula is C8H11BFNO2. The molecule has 2 N–H and O–H groups in total. The third-order valence-corrected chi connectivity index (χ3v) is 1.78. The van der Waals surface area contributed by atoms with Gasteiger partial charge in [-0.15, -0.1) is 0 Å². The topological polar surface area (TPSA) is 43.7 Å². The number of hydrogen-bond acceptors (Lipinski definition) is 3. The predicted molar refractivity (Wildman–Crippen MR) is 50.6 cm³/mol. The average molecular weight is 183 g/mol. The highest BCUT2D eigenvalue weighted by atomic mass is 19.1. The zero-order valence-electron chi connectivity index (χ0n) is 7.53. The Balaban J connectivity index is 3.06. The van der Waals surface area contributed by atoms with E-state index >= 15 is 0 Å². The fourth-order valence-corrected chi connectivity index (χ4v) is 1.00. The minimum absolute atomic E-state index is 0.106. The molecule has 13 heavy (non-hydrogen) atoms. The molecule has 1 rings (SSSR count). The van der Waals surface area contributed by atoms with E-state index in [2.05, 4.69) is 0 Å². The first-order chi connectivity index (χ1) is 6.02. The maximum absolute atomic E-state index is 13.1. The Hall–Kier alpha value is -1.07. The van der Waals surface area contributed by atoms with Crippen LogP contribution in [0, 0.1) is 5.82 Å². The fraction of sp³-hybridized carbons (Fsp3) is 0.250. The van der Waals surface area contributed by atoms with Crippen molar-refractivity contribution in [2.75, 3.05) is 19.0 Å². The lowest BCUT2D eigenvalue weighted by atomic mass is 9.80. The van der Waals surface area contributed by atoms with Gasteiger partial charge in [0.1, 0.15) is 5.82 Å². The average Bonchev–Trinajstić information content (AvgIpc) is 2.03. The first-order valence-electron chi connectivity index (χ1n) is 3.85. The molecule has 1 aromatic carbocycles. The van der Waals surface area contributed by atoms with Crippen LogP contribution in [-0.4, -0.2) is 31.3 Å². The zero-order valence-corrected chi connectivity index (χ0v) is 7.53. The standard InChI is InChI=1S/C8H11BFNO2/c1-11(2)6-3-4-7(9(12)13)8(10)5-6/h3-5,12-13H,1-2H3. The molecule has 0 unspecified atom stereocenters. The van der Waals surface area contributed by atoms with Crippen LogP contribution >= 0.6 is 0 Å². The Labute approximate surface area is 76.6 Å². The molecule has 0 saturated heterocycles. The molecule has 0 bridgehead atoms. The summed E-state index contributed by atoms with van der Waals surface area (Å²) in [5.74, 6) is -0.610. The van der Waals surface area contributed by atoms with Gasteiger partial charge in [-0.1, -0.05) is 6.07 Å². The van der Waals surface area contributed by atoms with Gasteiger partial charge in [0.15, 0.2) is 0 Å². The summed E-state index contributed by atoms with van der Waals surface area (Å²) in [7, 11) is 1.81. The third kappa shape index (κ3) is 2.20. The van der Waals surface area contributed by atoms with Crippen molar-refractivity contribution >= 4 is 18.3 Å². The van der Waals surface area contributed by atoms with Crippen molar-refractivity contribution < 1.29 is 14.4 Å². The third-order valence-electron chi connectivity index (χ3n) is 1.78. The molecule has 0 aliphatic rings. The summed E-state index contributed by atoms with van der Waals surface area (Å²) in [5, 5.41) is 17.5. The Morgan fingerprint density at radius 3 is 2.31 bits per heavy atom. The maximum atomic E-state index is 13.1.